The Bertz CT molecular complexity index is 1690. The Balaban J connectivity index is 0.816. The van der Waals surface area contributed by atoms with Crippen molar-refractivity contribution in [2.75, 3.05) is 6.61 Å². The highest BCUT2D eigenvalue weighted by molar-refractivity contribution is 5.72. The Morgan fingerprint density at radius 2 is 1.40 bits per heavy atom. The third-order valence-electron chi connectivity index (χ3n) is 16.3. The van der Waals surface area contributed by atoms with Gasteiger partial charge in [0.25, 0.3) is 0 Å². The second kappa shape index (κ2) is 17.8. The summed E-state index contributed by atoms with van der Waals surface area (Å²) in [5.74, 6) is 0.344. The van der Waals surface area contributed by atoms with Crippen LogP contribution in [0.2, 0.25) is 0 Å². The van der Waals surface area contributed by atoms with Gasteiger partial charge < -0.3 is 57.6 Å². The van der Waals surface area contributed by atoms with Crippen molar-refractivity contribution in [1.29, 1.82) is 0 Å². The van der Waals surface area contributed by atoms with Gasteiger partial charge in [-0.2, -0.15) is 0 Å². The van der Waals surface area contributed by atoms with E-state index in [4.69, 9.17) is 47.4 Å². The van der Waals surface area contributed by atoms with Gasteiger partial charge in [0.05, 0.1) is 110 Å². The van der Waals surface area contributed by atoms with Crippen LogP contribution in [-0.4, -0.2) is 144 Å². The van der Waals surface area contributed by atoms with Crippen LogP contribution >= 0.6 is 0 Å². The molecule has 346 valence electrons. The number of ether oxygens (including phenoxy) is 10. The summed E-state index contributed by atoms with van der Waals surface area (Å²) in [5, 5.41) is 20.7. The third kappa shape index (κ3) is 8.81. The number of aliphatic hydroxyl groups excluding tert-OH is 2. The molecule has 0 aromatic carbocycles. The van der Waals surface area contributed by atoms with Gasteiger partial charge >= 0.3 is 5.97 Å². The van der Waals surface area contributed by atoms with Gasteiger partial charge in [-0.3, -0.25) is 4.79 Å². The molecular formula is C49H72O13. The highest BCUT2D eigenvalue weighted by atomic mass is 16.6. The summed E-state index contributed by atoms with van der Waals surface area (Å²) in [6, 6.07) is 0. The molecule has 0 aromatic rings. The quantitative estimate of drug-likeness (QED) is 0.263. The van der Waals surface area contributed by atoms with Gasteiger partial charge in [0.1, 0.15) is 24.4 Å². The van der Waals surface area contributed by atoms with E-state index in [0.717, 1.165) is 51.4 Å². The summed E-state index contributed by atoms with van der Waals surface area (Å²) in [4.78, 5) is 12.3. The minimum absolute atomic E-state index is 0.0831. The molecule has 0 radical (unpaired) electrons. The van der Waals surface area contributed by atoms with E-state index in [1.807, 2.05) is 0 Å². The number of carbonyl (C=O) groups excluding carboxylic acids is 1. The van der Waals surface area contributed by atoms with Crippen molar-refractivity contribution >= 4 is 5.97 Å². The zero-order valence-electron chi connectivity index (χ0n) is 37.3. The maximum Gasteiger partial charge on any atom is 0.308 e. The second-order valence-electron chi connectivity index (χ2n) is 21.3. The standard InChI is InChI=1S/C49H72O13/c1-26-17-36-39(22-45(52)58-36)57-44-21-38-40(62-48(44,4)23-26)18-28(3)46-35(55-38)11-7-6-10-31-32(59-46)12-8-14-34-33(54-31)13-9-15-43-49(5,61-34)24-42-37(56-43)20-41-47(60-42)30(51)19-29(53-41)16-27(2)25-50/h6-8,14,26,28-44,46-47,50-51H,2,9-13,15-25H2,1,3-5H3/b7-6-,14-8-/t26-,28+,29-,30+,31?,32+,33?,34-,35?,36+,37?,38?,39?,40+,41?,42-,43?,44?,46-,47+,48-,49+/m1/s1. The second-order valence-corrected chi connectivity index (χ2v) is 21.3. The molecule has 13 heteroatoms. The van der Waals surface area contributed by atoms with Crippen LogP contribution < -0.4 is 0 Å². The van der Waals surface area contributed by atoms with Gasteiger partial charge in [-0.1, -0.05) is 44.7 Å². The summed E-state index contributed by atoms with van der Waals surface area (Å²) < 4.78 is 68.2. The molecule has 8 fully saturated rings. The molecule has 0 bridgehead atoms. The topological polar surface area (TPSA) is 150 Å². The van der Waals surface area contributed by atoms with Crippen LogP contribution in [0.5, 0.6) is 0 Å². The predicted molar refractivity (Wildman–Crippen MR) is 225 cm³/mol. The molecule has 0 saturated carbocycles. The molecule has 10 aliphatic rings. The first-order valence-electron chi connectivity index (χ1n) is 24.2. The van der Waals surface area contributed by atoms with Crippen LogP contribution in [0.3, 0.4) is 0 Å². The normalized spacial score (nSPS) is 53.9. The molecule has 10 aliphatic heterocycles. The van der Waals surface area contributed by atoms with Crippen molar-refractivity contribution in [3.63, 3.8) is 0 Å². The molecular weight excluding hydrogens is 797 g/mol. The minimum Gasteiger partial charge on any atom is -0.459 e. The molecule has 22 atom stereocenters. The van der Waals surface area contributed by atoms with Gasteiger partial charge in [-0.25, -0.2) is 0 Å². The van der Waals surface area contributed by atoms with Crippen LogP contribution in [-0.2, 0) is 52.2 Å². The highest BCUT2D eigenvalue weighted by Gasteiger charge is 2.57. The highest BCUT2D eigenvalue weighted by Crippen LogP contribution is 2.48. The van der Waals surface area contributed by atoms with Gasteiger partial charge in [0.2, 0.25) is 0 Å². The smallest absolute Gasteiger partial charge is 0.308 e. The van der Waals surface area contributed by atoms with E-state index in [1.165, 1.54) is 0 Å². The molecule has 0 aliphatic carbocycles. The summed E-state index contributed by atoms with van der Waals surface area (Å²) in [6.45, 7) is 12.7. The molecule has 62 heavy (non-hydrogen) atoms. The molecule has 9 unspecified atom stereocenters. The number of rotatable bonds is 3. The van der Waals surface area contributed by atoms with Gasteiger partial charge in [0, 0.05) is 25.7 Å². The maximum atomic E-state index is 12.3. The first-order chi connectivity index (χ1) is 29.8. The monoisotopic (exact) mass is 868 g/mol. The van der Waals surface area contributed by atoms with Crippen LogP contribution in [0.1, 0.15) is 124 Å². The number of hydrogen-bond donors (Lipinski definition) is 2. The van der Waals surface area contributed by atoms with Crippen LogP contribution in [0.4, 0.5) is 0 Å². The predicted octanol–water partition coefficient (Wildman–Crippen LogP) is 5.74. The number of carbonyl (C=O) groups is 1. The maximum absolute atomic E-state index is 12.3. The molecule has 0 amide bonds. The fourth-order valence-electron chi connectivity index (χ4n) is 13.2. The Labute approximate surface area is 367 Å². The van der Waals surface area contributed by atoms with Crippen molar-refractivity contribution in [1.82, 2.24) is 0 Å². The van der Waals surface area contributed by atoms with E-state index in [-0.39, 0.29) is 116 Å². The average molecular weight is 869 g/mol. The fraction of sp³-hybridized carbons (Fsp3) is 0.857. The number of hydrogen-bond acceptors (Lipinski definition) is 13. The lowest BCUT2D eigenvalue weighted by molar-refractivity contribution is -0.316. The van der Waals surface area contributed by atoms with Crippen LogP contribution in [0, 0.1) is 11.8 Å². The number of fused-ring (bicyclic) bond motifs is 9. The molecule has 8 saturated heterocycles. The van der Waals surface area contributed by atoms with Crippen LogP contribution in [0.25, 0.3) is 0 Å². The summed E-state index contributed by atoms with van der Waals surface area (Å²) in [7, 11) is 0. The lowest BCUT2D eigenvalue weighted by Crippen LogP contribution is -2.65. The molecule has 2 N–H and O–H groups in total. The largest absolute Gasteiger partial charge is 0.459 e. The average Bonchev–Trinajstić information content (AvgIpc) is 3.52. The molecule has 0 aromatic heterocycles. The van der Waals surface area contributed by atoms with Gasteiger partial charge in [0.15, 0.2) is 0 Å². The van der Waals surface area contributed by atoms with Crippen molar-refractivity contribution in [3.05, 3.63) is 36.5 Å². The zero-order valence-corrected chi connectivity index (χ0v) is 37.3. The lowest BCUT2D eigenvalue weighted by Gasteiger charge is -2.55. The number of esters is 1. The van der Waals surface area contributed by atoms with Crippen molar-refractivity contribution < 1.29 is 62.4 Å². The molecule has 13 nitrogen and oxygen atoms in total. The first-order valence-corrected chi connectivity index (χ1v) is 24.2. The summed E-state index contributed by atoms with van der Waals surface area (Å²) in [5.41, 5.74) is -0.388. The number of aliphatic hydroxyl groups is 2. The van der Waals surface area contributed by atoms with Crippen molar-refractivity contribution in [3.8, 4) is 0 Å². The van der Waals surface area contributed by atoms with Gasteiger partial charge in [-0.05, 0) is 95.5 Å². The summed E-state index contributed by atoms with van der Waals surface area (Å²) in [6.07, 6.45) is 15.5. The van der Waals surface area contributed by atoms with E-state index in [1.54, 1.807) is 0 Å². The Morgan fingerprint density at radius 3 is 2.24 bits per heavy atom. The van der Waals surface area contributed by atoms with E-state index >= 15 is 0 Å². The van der Waals surface area contributed by atoms with Crippen LogP contribution in [0.15, 0.2) is 36.5 Å². The first kappa shape index (κ1) is 44.1. The Hall–Kier alpha value is -1.75. The zero-order chi connectivity index (χ0) is 42.9. The Kier molecular flexibility index (Phi) is 12.7. The molecule has 10 rings (SSSR count). The minimum atomic E-state index is -0.663. The van der Waals surface area contributed by atoms with Crippen molar-refractivity contribution in [2.45, 2.75) is 245 Å². The van der Waals surface area contributed by atoms with Gasteiger partial charge in [-0.15, -0.1) is 0 Å². The van der Waals surface area contributed by atoms with Crippen molar-refractivity contribution in [2.24, 2.45) is 11.8 Å². The SMILES string of the molecule is C=C(CO)C[C@@H]1C[C@H](O)[C@@H]2O[C@@H]3C[C@]4(C)O[C@@H]5/C=C\C[C@@H]6O[C@H]7C(C/C=C\CC6OC5CCCC4OC3CC2O1)OC1CC2OC3CC(=O)O[C@H]3C[C@@H](C)C[C@@]2(C)O[C@H]1C[C@@H]7C. The molecule has 0 spiro atoms. The summed E-state index contributed by atoms with van der Waals surface area (Å²) >= 11 is 0. The van der Waals surface area contributed by atoms with E-state index in [2.05, 4.69) is 58.6 Å². The fourth-order valence-corrected chi connectivity index (χ4v) is 13.2. The van der Waals surface area contributed by atoms with E-state index < -0.39 is 23.4 Å². The lowest BCUT2D eigenvalue weighted by atomic mass is 9.78. The van der Waals surface area contributed by atoms with E-state index in [9.17, 15) is 15.0 Å². The third-order valence-corrected chi connectivity index (χ3v) is 16.3. The molecule has 10 heterocycles. The van der Waals surface area contributed by atoms with E-state index in [0.29, 0.717) is 56.4 Å². The Morgan fingerprint density at radius 1 is 0.677 bits per heavy atom.